The van der Waals surface area contributed by atoms with Crippen molar-refractivity contribution in [1.29, 1.82) is 0 Å². The molecule has 23 heavy (non-hydrogen) atoms. The number of para-hydroxylation sites is 1. The van der Waals surface area contributed by atoms with Crippen LogP contribution in [0.2, 0.25) is 5.02 Å². The van der Waals surface area contributed by atoms with Crippen LogP contribution in [-0.2, 0) is 9.59 Å². The molecule has 2 aromatic carbocycles. The number of rotatable bonds is 3. The lowest BCUT2D eigenvalue weighted by molar-refractivity contribution is -0.122. The molecule has 118 valence electrons. The maximum atomic E-state index is 12.5. The van der Waals surface area contributed by atoms with Crippen LogP contribution in [0.3, 0.4) is 0 Å². The molecule has 0 bridgehead atoms. The lowest BCUT2D eigenvalue weighted by Gasteiger charge is -2.17. The zero-order chi connectivity index (χ0) is 16.4. The molecule has 1 saturated heterocycles. The highest BCUT2D eigenvalue weighted by molar-refractivity contribution is 6.31. The maximum Gasteiger partial charge on any atom is 0.229 e. The third kappa shape index (κ3) is 3.22. The molecule has 0 spiro atoms. The van der Waals surface area contributed by atoms with Crippen molar-refractivity contribution in [3.05, 3.63) is 59.1 Å². The van der Waals surface area contributed by atoms with E-state index >= 15 is 0 Å². The van der Waals surface area contributed by atoms with Crippen molar-refractivity contribution in [1.82, 2.24) is 0 Å². The van der Waals surface area contributed by atoms with Gasteiger partial charge in [-0.15, -0.1) is 0 Å². The number of amides is 2. The Balaban J connectivity index is 1.72. The van der Waals surface area contributed by atoms with Gasteiger partial charge in [-0.2, -0.15) is 0 Å². The van der Waals surface area contributed by atoms with E-state index in [4.69, 9.17) is 11.6 Å². The Morgan fingerprint density at radius 1 is 1.17 bits per heavy atom. The van der Waals surface area contributed by atoms with Crippen LogP contribution in [0.25, 0.3) is 0 Å². The van der Waals surface area contributed by atoms with Gasteiger partial charge in [-0.05, 0) is 36.8 Å². The molecule has 2 aromatic rings. The van der Waals surface area contributed by atoms with Crippen LogP contribution in [0, 0.1) is 12.8 Å². The molecule has 1 aliphatic rings. The summed E-state index contributed by atoms with van der Waals surface area (Å²) in [5.41, 5.74) is 2.34. The number of carbonyl (C=O) groups is 2. The van der Waals surface area contributed by atoms with Crippen LogP contribution < -0.4 is 10.2 Å². The summed E-state index contributed by atoms with van der Waals surface area (Å²) >= 11 is 6.07. The van der Waals surface area contributed by atoms with E-state index in [1.54, 1.807) is 17.0 Å². The first-order chi connectivity index (χ1) is 11.1. The number of halogens is 1. The molecular weight excluding hydrogens is 312 g/mol. The summed E-state index contributed by atoms with van der Waals surface area (Å²) in [7, 11) is 0. The van der Waals surface area contributed by atoms with Crippen molar-refractivity contribution < 1.29 is 9.59 Å². The van der Waals surface area contributed by atoms with Gasteiger partial charge >= 0.3 is 0 Å². The quantitative estimate of drug-likeness (QED) is 0.935. The van der Waals surface area contributed by atoms with Gasteiger partial charge in [0, 0.05) is 29.4 Å². The van der Waals surface area contributed by atoms with Crippen molar-refractivity contribution in [3.8, 4) is 0 Å². The summed E-state index contributed by atoms with van der Waals surface area (Å²) in [4.78, 5) is 26.3. The van der Waals surface area contributed by atoms with Gasteiger partial charge in [0.2, 0.25) is 11.8 Å². The predicted octanol–water partition coefficient (Wildman–Crippen LogP) is 3.64. The SMILES string of the molecule is Cc1c(Cl)cccc1NC(=O)[C@@H]1CC(=O)N(c2ccccc2)C1. The van der Waals surface area contributed by atoms with Crippen molar-refractivity contribution in [2.45, 2.75) is 13.3 Å². The van der Waals surface area contributed by atoms with Crippen molar-refractivity contribution >= 4 is 34.8 Å². The topological polar surface area (TPSA) is 49.4 Å². The lowest BCUT2D eigenvalue weighted by atomic mass is 10.1. The molecule has 0 radical (unpaired) electrons. The fourth-order valence-electron chi connectivity index (χ4n) is 2.72. The third-order valence-electron chi connectivity index (χ3n) is 4.09. The summed E-state index contributed by atoms with van der Waals surface area (Å²) < 4.78 is 0. The molecule has 0 saturated carbocycles. The Morgan fingerprint density at radius 2 is 1.91 bits per heavy atom. The normalized spacial score (nSPS) is 17.4. The van der Waals surface area contributed by atoms with Crippen LogP contribution in [-0.4, -0.2) is 18.4 Å². The van der Waals surface area contributed by atoms with E-state index in [1.165, 1.54) is 0 Å². The number of benzene rings is 2. The molecule has 0 aromatic heterocycles. The van der Waals surface area contributed by atoms with E-state index in [2.05, 4.69) is 5.32 Å². The molecule has 0 aliphatic carbocycles. The van der Waals surface area contributed by atoms with Crippen LogP contribution in [0.1, 0.15) is 12.0 Å². The minimum Gasteiger partial charge on any atom is -0.325 e. The van der Waals surface area contributed by atoms with Gasteiger partial charge < -0.3 is 10.2 Å². The Kier molecular flexibility index (Phi) is 4.35. The fraction of sp³-hybridized carbons (Fsp3) is 0.222. The lowest BCUT2D eigenvalue weighted by Crippen LogP contribution is -2.28. The number of hydrogen-bond acceptors (Lipinski definition) is 2. The van der Waals surface area contributed by atoms with E-state index in [1.807, 2.05) is 43.3 Å². The Hall–Kier alpha value is -2.33. The van der Waals surface area contributed by atoms with Crippen LogP contribution in [0.15, 0.2) is 48.5 Å². The molecule has 1 fully saturated rings. The maximum absolute atomic E-state index is 12.5. The summed E-state index contributed by atoms with van der Waals surface area (Å²) in [5, 5.41) is 3.49. The van der Waals surface area contributed by atoms with Gasteiger partial charge in [-0.25, -0.2) is 0 Å². The van der Waals surface area contributed by atoms with Crippen LogP contribution in [0.5, 0.6) is 0 Å². The highest BCUT2D eigenvalue weighted by atomic mass is 35.5. The number of nitrogens with zero attached hydrogens (tertiary/aromatic N) is 1. The van der Waals surface area contributed by atoms with Gasteiger partial charge in [0.1, 0.15) is 0 Å². The van der Waals surface area contributed by atoms with Crippen LogP contribution >= 0.6 is 11.6 Å². The first-order valence-corrected chi connectivity index (χ1v) is 7.85. The van der Waals surface area contributed by atoms with Gasteiger partial charge in [-0.3, -0.25) is 9.59 Å². The summed E-state index contributed by atoms with van der Waals surface area (Å²) in [6.45, 7) is 2.25. The largest absolute Gasteiger partial charge is 0.325 e. The average molecular weight is 329 g/mol. The van der Waals surface area contributed by atoms with Crippen LogP contribution in [0.4, 0.5) is 11.4 Å². The smallest absolute Gasteiger partial charge is 0.229 e. The Bertz CT molecular complexity index is 746. The van der Waals surface area contributed by atoms with E-state index in [-0.39, 0.29) is 24.2 Å². The zero-order valence-electron chi connectivity index (χ0n) is 12.8. The van der Waals surface area contributed by atoms with E-state index < -0.39 is 0 Å². The molecule has 1 aliphatic heterocycles. The first kappa shape index (κ1) is 15.6. The van der Waals surface area contributed by atoms with E-state index in [0.29, 0.717) is 17.3 Å². The molecule has 5 heteroatoms. The number of nitrogens with one attached hydrogen (secondary N) is 1. The number of anilines is 2. The molecule has 1 N–H and O–H groups in total. The molecule has 0 unspecified atom stereocenters. The Morgan fingerprint density at radius 3 is 2.65 bits per heavy atom. The highest BCUT2D eigenvalue weighted by Crippen LogP contribution is 2.27. The fourth-order valence-corrected chi connectivity index (χ4v) is 2.89. The minimum absolute atomic E-state index is 0.0285. The second-order valence-electron chi connectivity index (χ2n) is 5.64. The molecule has 1 heterocycles. The monoisotopic (exact) mass is 328 g/mol. The van der Waals surface area contributed by atoms with Crippen molar-refractivity contribution in [2.24, 2.45) is 5.92 Å². The average Bonchev–Trinajstić information content (AvgIpc) is 2.95. The summed E-state index contributed by atoms with van der Waals surface area (Å²) in [5.74, 6) is -0.539. The predicted molar refractivity (Wildman–Crippen MR) is 91.7 cm³/mol. The van der Waals surface area contributed by atoms with E-state index in [9.17, 15) is 9.59 Å². The van der Waals surface area contributed by atoms with Crippen molar-refractivity contribution in [3.63, 3.8) is 0 Å². The first-order valence-electron chi connectivity index (χ1n) is 7.47. The Labute approximate surface area is 140 Å². The second kappa shape index (κ2) is 6.42. The van der Waals surface area contributed by atoms with Gasteiger partial charge in [0.15, 0.2) is 0 Å². The molecular formula is C18H17ClN2O2. The van der Waals surface area contributed by atoms with Gasteiger partial charge in [0.25, 0.3) is 0 Å². The molecule has 4 nitrogen and oxygen atoms in total. The van der Waals surface area contributed by atoms with E-state index in [0.717, 1.165) is 11.3 Å². The molecule has 1 atom stereocenters. The summed E-state index contributed by atoms with van der Waals surface area (Å²) in [6, 6.07) is 14.8. The highest BCUT2D eigenvalue weighted by Gasteiger charge is 2.35. The second-order valence-corrected chi connectivity index (χ2v) is 6.05. The van der Waals surface area contributed by atoms with Gasteiger partial charge in [0.05, 0.1) is 5.92 Å². The number of hydrogen-bond donors (Lipinski definition) is 1. The summed E-state index contributed by atoms with van der Waals surface area (Å²) in [6.07, 6.45) is 0.223. The zero-order valence-corrected chi connectivity index (χ0v) is 13.5. The minimum atomic E-state index is -0.360. The molecule has 3 rings (SSSR count). The standard InChI is InChI=1S/C18H17ClN2O2/c1-12-15(19)8-5-9-16(12)20-18(23)13-10-17(22)21(11-13)14-6-3-2-4-7-14/h2-9,13H,10-11H2,1H3,(H,20,23)/t13-/m1/s1. The van der Waals surface area contributed by atoms with Crippen molar-refractivity contribution in [2.75, 3.05) is 16.8 Å². The third-order valence-corrected chi connectivity index (χ3v) is 4.50. The van der Waals surface area contributed by atoms with Gasteiger partial charge in [-0.1, -0.05) is 35.9 Å². The number of carbonyl (C=O) groups excluding carboxylic acids is 2. The molecule has 2 amide bonds.